The van der Waals surface area contributed by atoms with Crippen LogP contribution in [0.25, 0.3) is 6.08 Å². The van der Waals surface area contributed by atoms with Gasteiger partial charge in [0.05, 0.1) is 5.41 Å². The first-order valence-corrected chi connectivity index (χ1v) is 9.92. The Labute approximate surface area is 157 Å². The molecule has 1 atom stereocenters. The van der Waals surface area contributed by atoms with Gasteiger partial charge in [0.15, 0.2) is 5.75 Å². The number of anilines is 1. The van der Waals surface area contributed by atoms with Crippen molar-refractivity contribution >= 4 is 33.5 Å². The van der Waals surface area contributed by atoms with E-state index in [1.165, 1.54) is 6.07 Å². The van der Waals surface area contributed by atoms with Gasteiger partial charge in [-0.1, -0.05) is 23.7 Å². The third-order valence-electron chi connectivity index (χ3n) is 5.42. The predicted molar refractivity (Wildman–Crippen MR) is 102 cm³/mol. The Morgan fingerprint density at radius 3 is 2.62 bits per heavy atom. The molecule has 0 amide bonds. The van der Waals surface area contributed by atoms with E-state index in [-0.39, 0.29) is 10.6 Å². The van der Waals surface area contributed by atoms with Gasteiger partial charge < -0.3 is 9.64 Å². The van der Waals surface area contributed by atoms with Gasteiger partial charge in [0.2, 0.25) is 5.72 Å². The summed E-state index contributed by atoms with van der Waals surface area (Å²) in [5, 5.41) is 0.626. The first-order chi connectivity index (χ1) is 12.1. The summed E-state index contributed by atoms with van der Waals surface area (Å²) in [6, 6.07) is 10.3. The zero-order chi connectivity index (χ0) is 18.9. The minimum atomic E-state index is -4.42. The minimum Gasteiger partial charge on any atom is -0.461 e. The number of hydrogen-bond donors (Lipinski definition) is 1. The molecule has 2 aromatic carbocycles. The molecule has 26 heavy (non-hydrogen) atoms. The van der Waals surface area contributed by atoms with Crippen molar-refractivity contribution in [2.75, 3.05) is 11.9 Å². The fourth-order valence-corrected chi connectivity index (χ4v) is 4.79. The largest absolute Gasteiger partial charge is 0.461 e. The number of benzene rings is 2. The Bertz CT molecular complexity index is 1060. The van der Waals surface area contributed by atoms with E-state index in [4.69, 9.17) is 16.3 Å². The molecule has 4 rings (SSSR count). The molecule has 2 heterocycles. The zero-order valence-electron chi connectivity index (χ0n) is 14.5. The summed E-state index contributed by atoms with van der Waals surface area (Å²) in [6.45, 7) is 4.05. The van der Waals surface area contributed by atoms with Crippen molar-refractivity contribution in [3.05, 3.63) is 58.6 Å². The number of rotatable bonds is 1. The standard InChI is InChI=1S/C19H18ClNO4S/c1-18(2)14-11-13(20)7-8-15(14)21(3)19(18)10-9-12-5-4-6-16(17(12)25-19)26(22,23)24/h4-11H,1-3H3,(H,22,23,24). The van der Waals surface area contributed by atoms with E-state index in [0.29, 0.717) is 10.6 Å². The highest BCUT2D eigenvalue weighted by Gasteiger charge is 2.58. The maximum atomic E-state index is 11.8. The second-order valence-electron chi connectivity index (χ2n) is 7.13. The summed E-state index contributed by atoms with van der Waals surface area (Å²) in [7, 11) is -2.52. The summed E-state index contributed by atoms with van der Waals surface area (Å²) in [4.78, 5) is 1.73. The van der Waals surface area contributed by atoms with Crippen LogP contribution in [-0.2, 0) is 15.5 Å². The van der Waals surface area contributed by atoms with E-state index < -0.39 is 21.3 Å². The Hall–Kier alpha value is -2.02. The summed E-state index contributed by atoms with van der Waals surface area (Å²) >= 11 is 6.20. The normalized spacial score (nSPS) is 22.9. The van der Waals surface area contributed by atoms with E-state index in [9.17, 15) is 13.0 Å². The third-order valence-corrected chi connectivity index (χ3v) is 6.53. The SMILES string of the molecule is CN1c2ccc(Cl)cc2C(C)(C)C12C=Cc1cccc(S(=O)(=O)O)c1O2. The van der Waals surface area contributed by atoms with Crippen molar-refractivity contribution in [1.29, 1.82) is 0 Å². The minimum absolute atomic E-state index is 0.149. The van der Waals surface area contributed by atoms with E-state index >= 15 is 0 Å². The van der Waals surface area contributed by atoms with Crippen molar-refractivity contribution in [2.24, 2.45) is 0 Å². The fraction of sp³-hybridized carbons (Fsp3) is 0.263. The average molecular weight is 392 g/mol. The lowest BCUT2D eigenvalue weighted by atomic mass is 9.76. The van der Waals surface area contributed by atoms with E-state index in [1.807, 2.05) is 56.1 Å². The van der Waals surface area contributed by atoms with Crippen LogP contribution in [-0.4, -0.2) is 25.7 Å². The van der Waals surface area contributed by atoms with Crippen LogP contribution in [0.2, 0.25) is 5.02 Å². The average Bonchev–Trinajstić information content (AvgIpc) is 2.72. The summed E-state index contributed by atoms with van der Waals surface area (Å²) in [5.41, 5.74) is 1.08. The molecule has 0 saturated heterocycles. The summed E-state index contributed by atoms with van der Waals surface area (Å²) < 4.78 is 39.6. The number of nitrogens with zero attached hydrogens (tertiary/aromatic N) is 1. The first kappa shape index (κ1) is 17.4. The summed E-state index contributed by atoms with van der Waals surface area (Å²) in [5.74, 6) is 0.149. The first-order valence-electron chi connectivity index (χ1n) is 8.10. The molecule has 2 aliphatic heterocycles. The zero-order valence-corrected chi connectivity index (χ0v) is 16.1. The van der Waals surface area contributed by atoms with Gasteiger partial charge in [-0.2, -0.15) is 8.42 Å². The molecular formula is C19H18ClNO4S. The van der Waals surface area contributed by atoms with Crippen LogP contribution in [0, 0.1) is 0 Å². The Kier molecular flexibility index (Phi) is 3.51. The van der Waals surface area contributed by atoms with Crippen LogP contribution in [0.1, 0.15) is 25.0 Å². The molecule has 1 unspecified atom stereocenters. The van der Waals surface area contributed by atoms with Crippen LogP contribution < -0.4 is 9.64 Å². The second-order valence-corrected chi connectivity index (χ2v) is 8.95. The van der Waals surface area contributed by atoms with Crippen LogP contribution in [0.3, 0.4) is 0 Å². The van der Waals surface area contributed by atoms with Gasteiger partial charge in [-0.15, -0.1) is 0 Å². The molecular weight excluding hydrogens is 374 g/mol. The van der Waals surface area contributed by atoms with Crippen LogP contribution >= 0.6 is 11.6 Å². The topological polar surface area (TPSA) is 66.8 Å². The molecule has 1 N–H and O–H groups in total. The third kappa shape index (κ3) is 2.16. The Morgan fingerprint density at radius 2 is 1.92 bits per heavy atom. The molecule has 7 heteroatoms. The van der Waals surface area contributed by atoms with Gasteiger partial charge in [-0.3, -0.25) is 4.55 Å². The molecule has 0 fully saturated rings. The van der Waals surface area contributed by atoms with Gasteiger partial charge in [-0.25, -0.2) is 0 Å². The van der Waals surface area contributed by atoms with Gasteiger partial charge in [0.1, 0.15) is 4.90 Å². The van der Waals surface area contributed by atoms with Gasteiger partial charge in [-0.05, 0) is 55.8 Å². The number of halogens is 1. The number of fused-ring (bicyclic) bond motifs is 2. The van der Waals surface area contributed by atoms with E-state index in [2.05, 4.69) is 0 Å². The molecule has 0 saturated carbocycles. The quantitative estimate of drug-likeness (QED) is 0.741. The number of likely N-dealkylation sites (N-methyl/N-ethyl adjacent to an activating group) is 1. The molecule has 5 nitrogen and oxygen atoms in total. The van der Waals surface area contributed by atoms with Gasteiger partial charge in [0, 0.05) is 23.3 Å². The van der Waals surface area contributed by atoms with Crippen molar-refractivity contribution in [3.63, 3.8) is 0 Å². The lowest BCUT2D eigenvalue weighted by Gasteiger charge is -2.46. The lowest BCUT2D eigenvalue weighted by molar-refractivity contribution is 0.0548. The predicted octanol–water partition coefficient (Wildman–Crippen LogP) is 4.12. The van der Waals surface area contributed by atoms with Crippen molar-refractivity contribution in [2.45, 2.75) is 29.9 Å². The van der Waals surface area contributed by atoms with Gasteiger partial charge >= 0.3 is 0 Å². The Balaban J connectivity index is 1.94. The van der Waals surface area contributed by atoms with Crippen molar-refractivity contribution < 1.29 is 17.7 Å². The highest BCUT2D eigenvalue weighted by Crippen LogP contribution is 2.55. The molecule has 0 bridgehead atoms. The number of ether oxygens (including phenoxy) is 1. The fourth-order valence-electron chi connectivity index (χ4n) is 3.98. The smallest absolute Gasteiger partial charge is 0.298 e. The summed E-state index contributed by atoms with van der Waals surface area (Å²) in [6.07, 6.45) is 3.76. The van der Waals surface area contributed by atoms with Gasteiger partial charge in [0.25, 0.3) is 10.1 Å². The molecule has 136 valence electrons. The molecule has 0 aromatic heterocycles. The Morgan fingerprint density at radius 1 is 1.19 bits per heavy atom. The molecule has 1 spiro atoms. The van der Waals surface area contributed by atoms with Crippen LogP contribution in [0.15, 0.2) is 47.4 Å². The lowest BCUT2D eigenvalue weighted by Crippen LogP contribution is -2.58. The van der Waals surface area contributed by atoms with Crippen molar-refractivity contribution in [1.82, 2.24) is 0 Å². The maximum Gasteiger partial charge on any atom is 0.298 e. The second kappa shape index (κ2) is 5.25. The van der Waals surface area contributed by atoms with E-state index in [1.54, 1.807) is 12.1 Å². The maximum absolute atomic E-state index is 11.8. The highest BCUT2D eigenvalue weighted by atomic mass is 35.5. The molecule has 0 radical (unpaired) electrons. The number of para-hydroxylation sites is 1. The molecule has 0 aliphatic carbocycles. The van der Waals surface area contributed by atoms with Crippen molar-refractivity contribution in [3.8, 4) is 5.75 Å². The molecule has 2 aliphatic rings. The van der Waals surface area contributed by atoms with E-state index in [0.717, 1.165) is 11.3 Å². The van der Waals surface area contributed by atoms with Crippen LogP contribution in [0.5, 0.6) is 5.75 Å². The molecule has 2 aromatic rings. The number of hydrogen-bond acceptors (Lipinski definition) is 4. The highest BCUT2D eigenvalue weighted by molar-refractivity contribution is 7.86. The van der Waals surface area contributed by atoms with Crippen LogP contribution in [0.4, 0.5) is 5.69 Å². The monoisotopic (exact) mass is 391 g/mol.